The first-order valence-electron chi connectivity index (χ1n) is 10.9. The fourth-order valence-electron chi connectivity index (χ4n) is 3.72. The molecule has 12 heteroatoms. The van der Waals surface area contributed by atoms with Crippen LogP contribution in [-0.2, 0) is 17.9 Å². The Kier molecular flexibility index (Phi) is 6.23. The number of nitrogens with two attached hydrogens (primary N) is 1. The smallest absolute Gasteiger partial charge is 0.254 e. The maximum atomic E-state index is 14.7. The molecule has 1 aliphatic carbocycles. The molecule has 3 heterocycles. The predicted molar refractivity (Wildman–Crippen MR) is 128 cm³/mol. The molecule has 3 N–H and O–H groups in total. The Morgan fingerprint density at radius 1 is 1.29 bits per heavy atom. The maximum Gasteiger partial charge on any atom is 0.254 e. The van der Waals surface area contributed by atoms with Crippen LogP contribution in [-0.4, -0.2) is 41.7 Å². The molecule has 0 saturated heterocycles. The summed E-state index contributed by atoms with van der Waals surface area (Å²) in [5, 5.41) is 13.4. The molecule has 1 aliphatic rings. The van der Waals surface area contributed by atoms with Crippen molar-refractivity contribution in [2.75, 3.05) is 0 Å². The SMILES string of the molecule is NC=C(C=NCc1cn2cc(C3CC3)ccc2n1)C(=O)NCc1c(-n2cnnn2)ccc(Cl)c1F. The van der Waals surface area contributed by atoms with Crippen molar-refractivity contribution in [3.8, 4) is 5.69 Å². The van der Waals surface area contributed by atoms with Gasteiger partial charge in [-0.05, 0) is 52.9 Å². The van der Waals surface area contributed by atoms with Crippen molar-refractivity contribution in [1.29, 1.82) is 0 Å². The highest BCUT2D eigenvalue weighted by Crippen LogP contribution is 2.39. The summed E-state index contributed by atoms with van der Waals surface area (Å²) < 4.78 is 18.0. The number of benzene rings is 1. The first-order valence-corrected chi connectivity index (χ1v) is 11.3. The monoisotopic (exact) mass is 493 g/mol. The highest BCUT2D eigenvalue weighted by molar-refractivity contribution is 6.30. The molecule has 1 saturated carbocycles. The molecular weight excluding hydrogens is 473 g/mol. The average Bonchev–Trinajstić information content (AvgIpc) is 3.41. The van der Waals surface area contributed by atoms with Crippen LogP contribution in [0.3, 0.4) is 0 Å². The molecule has 35 heavy (non-hydrogen) atoms. The molecule has 3 aromatic heterocycles. The quantitative estimate of drug-likeness (QED) is 0.287. The van der Waals surface area contributed by atoms with Gasteiger partial charge in [0.15, 0.2) is 0 Å². The van der Waals surface area contributed by atoms with E-state index in [1.807, 2.05) is 16.7 Å². The number of imidazole rings is 1. The summed E-state index contributed by atoms with van der Waals surface area (Å²) in [6.07, 6.45) is 10.3. The van der Waals surface area contributed by atoms with E-state index in [4.69, 9.17) is 17.3 Å². The van der Waals surface area contributed by atoms with Gasteiger partial charge in [-0.2, -0.15) is 0 Å². The molecule has 0 atom stereocenters. The van der Waals surface area contributed by atoms with Gasteiger partial charge < -0.3 is 15.5 Å². The number of fused-ring (bicyclic) bond motifs is 1. The van der Waals surface area contributed by atoms with Crippen molar-refractivity contribution in [3.05, 3.63) is 82.4 Å². The molecule has 1 amide bonds. The molecule has 10 nitrogen and oxygen atoms in total. The zero-order valence-corrected chi connectivity index (χ0v) is 19.2. The third-order valence-corrected chi connectivity index (χ3v) is 5.98. The highest BCUT2D eigenvalue weighted by atomic mass is 35.5. The summed E-state index contributed by atoms with van der Waals surface area (Å²) >= 11 is 5.93. The van der Waals surface area contributed by atoms with E-state index >= 15 is 0 Å². The Morgan fingerprint density at radius 3 is 2.89 bits per heavy atom. The van der Waals surface area contributed by atoms with Gasteiger partial charge in [-0.1, -0.05) is 17.7 Å². The van der Waals surface area contributed by atoms with Gasteiger partial charge in [0.2, 0.25) is 0 Å². The van der Waals surface area contributed by atoms with Crippen molar-refractivity contribution in [2.24, 2.45) is 10.7 Å². The summed E-state index contributed by atoms with van der Waals surface area (Å²) in [6.45, 7) is 0.110. The molecule has 0 spiro atoms. The molecule has 1 fully saturated rings. The summed E-state index contributed by atoms with van der Waals surface area (Å²) in [5.41, 5.74) is 9.15. The minimum Gasteiger partial charge on any atom is -0.404 e. The Hall–Kier alpha value is -4.12. The van der Waals surface area contributed by atoms with E-state index < -0.39 is 11.7 Å². The Balaban J connectivity index is 1.24. The van der Waals surface area contributed by atoms with Gasteiger partial charge in [-0.25, -0.2) is 14.1 Å². The van der Waals surface area contributed by atoms with Gasteiger partial charge in [-0.3, -0.25) is 9.79 Å². The number of pyridine rings is 1. The van der Waals surface area contributed by atoms with Crippen LogP contribution in [0.15, 0.2) is 59.8 Å². The summed E-state index contributed by atoms with van der Waals surface area (Å²) in [7, 11) is 0. The zero-order valence-electron chi connectivity index (χ0n) is 18.5. The summed E-state index contributed by atoms with van der Waals surface area (Å²) in [5.74, 6) is -0.547. The average molecular weight is 494 g/mol. The van der Waals surface area contributed by atoms with E-state index in [0.717, 1.165) is 17.5 Å². The van der Waals surface area contributed by atoms with Gasteiger partial charge in [0, 0.05) is 36.9 Å². The third-order valence-electron chi connectivity index (χ3n) is 5.69. The predicted octanol–water partition coefficient (Wildman–Crippen LogP) is 2.71. The maximum absolute atomic E-state index is 14.7. The van der Waals surface area contributed by atoms with E-state index in [0.29, 0.717) is 11.6 Å². The van der Waals surface area contributed by atoms with Crippen LogP contribution in [0, 0.1) is 5.82 Å². The van der Waals surface area contributed by atoms with Crippen molar-refractivity contribution < 1.29 is 9.18 Å². The van der Waals surface area contributed by atoms with Crippen LogP contribution in [0.25, 0.3) is 11.3 Å². The highest BCUT2D eigenvalue weighted by Gasteiger charge is 2.23. The molecule has 0 aliphatic heterocycles. The van der Waals surface area contributed by atoms with E-state index in [1.165, 1.54) is 41.7 Å². The number of aromatic nitrogens is 6. The topological polar surface area (TPSA) is 128 Å². The van der Waals surface area contributed by atoms with Crippen molar-refractivity contribution >= 4 is 29.4 Å². The van der Waals surface area contributed by atoms with Gasteiger partial charge in [0.25, 0.3) is 5.91 Å². The number of rotatable bonds is 8. The van der Waals surface area contributed by atoms with Crippen molar-refractivity contribution in [2.45, 2.75) is 31.8 Å². The third kappa shape index (κ3) is 4.90. The second-order valence-electron chi connectivity index (χ2n) is 8.12. The Morgan fingerprint density at radius 2 is 2.14 bits per heavy atom. The fraction of sp³-hybridized carbons (Fsp3) is 0.217. The number of amides is 1. The zero-order chi connectivity index (χ0) is 24.4. The minimum absolute atomic E-state index is 0.0843. The summed E-state index contributed by atoms with van der Waals surface area (Å²) in [6, 6.07) is 7.06. The largest absolute Gasteiger partial charge is 0.404 e. The first kappa shape index (κ1) is 22.7. The first-order chi connectivity index (χ1) is 17.0. The Bertz CT molecular complexity index is 1440. The number of hydrogen-bond donors (Lipinski definition) is 2. The van der Waals surface area contributed by atoms with Gasteiger partial charge >= 0.3 is 0 Å². The minimum atomic E-state index is -0.677. The second kappa shape index (κ2) is 9.63. The van der Waals surface area contributed by atoms with E-state index in [1.54, 1.807) is 6.07 Å². The normalized spacial score (nSPS) is 14.2. The van der Waals surface area contributed by atoms with Crippen molar-refractivity contribution in [1.82, 2.24) is 34.9 Å². The number of halogens is 2. The van der Waals surface area contributed by atoms with Crippen molar-refractivity contribution in [3.63, 3.8) is 0 Å². The van der Waals surface area contributed by atoms with Crippen LogP contribution in [0.5, 0.6) is 0 Å². The van der Waals surface area contributed by atoms with Gasteiger partial charge in [-0.15, -0.1) is 5.10 Å². The standard InChI is InChI=1S/C23H21ClFN9O/c24-19-4-5-20(34-13-29-31-32-34)18(22(19)25)10-28-23(35)16(7-26)8-27-9-17-12-33-11-15(14-1-2-14)3-6-21(33)30-17/h3-8,11-14H,1-2,9-10,26H2,(H,28,35). The summed E-state index contributed by atoms with van der Waals surface area (Å²) in [4.78, 5) is 21.5. The lowest BCUT2D eigenvalue weighted by atomic mass is 10.1. The Labute approximate surface area is 204 Å². The number of hydrogen-bond acceptors (Lipinski definition) is 7. The lowest BCUT2D eigenvalue weighted by molar-refractivity contribution is -0.117. The molecule has 0 bridgehead atoms. The van der Waals surface area contributed by atoms with Crippen LogP contribution in [0.4, 0.5) is 4.39 Å². The lowest BCUT2D eigenvalue weighted by Gasteiger charge is -2.12. The van der Waals surface area contributed by atoms with E-state index in [9.17, 15) is 9.18 Å². The molecule has 1 aromatic carbocycles. The molecule has 0 radical (unpaired) electrons. The second-order valence-corrected chi connectivity index (χ2v) is 8.53. The number of tetrazole rings is 1. The fourth-order valence-corrected chi connectivity index (χ4v) is 3.90. The lowest BCUT2D eigenvalue weighted by Crippen LogP contribution is -2.27. The van der Waals surface area contributed by atoms with Gasteiger partial charge in [0.05, 0.1) is 28.5 Å². The number of carbonyl (C=O) groups excluding carboxylic acids is 1. The number of nitrogens with zero attached hydrogens (tertiary/aromatic N) is 7. The van der Waals surface area contributed by atoms with Crippen LogP contribution >= 0.6 is 11.6 Å². The molecule has 5 rings (SSSR count). The number of nitrogens with one attached hydrogen (secondary N) is 1. The molecule has 0 unspecified atom stereocenters. The van der Waals surface area contributed by atoms with Gasteiger partial charge in [0.1, 0.15) is 17.8 Å². The molecular formula is C23H21ClFN9O. The van der Waals surface area contributed by atoms with Crippen LogP contribution < -0.4 is 11.1 Å². The number of carbonyl (C=O) groups is 1. The molecule has 4 aromatic rings. The van der Waals surface area contributed by atoms with E-state index in [-0.39, 0.29) is 29.2 Å². The molecule has 178 valence electrons. The van der Waals surface area contributed by atoms with Crippen LogP contribution in [0.1, 0.15) is 35.6 Å². The van der Waals surface area contributed by atoms with Crippen LogP contribution in [0.2, 0.25) is 5.02 Å². The van der Waals surface area contributed by atoms with E-state index in [2.05, 4.69) is 43.1 Å². The number of aliphatic imine (C=N–C) groups is 1.